The number of fused-ring (bicyclic) bond motifs is 2. The normalized spacial score (nSPS) is 15.9. The number of halogens is 1. The Morgan fingerprint density at radius 3 is 2.31 bits per heavy atom. The van der Waals surface area contributed by atoms with Crippen LogP contribution in [0, 0.1) is 0 Å². The van der Waals surface area contributed by atoms with Crippen molar-refractivity contribution in [1.82, 2.24) is 14.8 Å². The summed E-state index contributed by atoms with van der Waals surface area (Å²) >= 11 is 6.94. The highest BCUT2D eigenvalue weighted by Crippen LogP contribution is 2.42. The Morgan fingerprint density at radius 2 is 1.67 bits per heavy atom. The van der Waals surface area contributed by atoms with Gasteiger partial charge in [-0.15, -0.1) is 0 Å². The quantitative estimate of drug-likeness (QED) is 0.190. The first-order chi connectivity index (χ1) is 22.7. The number of amides is 1. The fraction of sp³-hybridized carbons (Fsp3) is 0.579. The van der Waals surface area contributed by atoms with Crippen molar-refractivity contribution in [3.63, 3.8) is 0 Å². The molecule has 8 nitrogen and oxygen atoms in total. The van der Waals surface area contributed by atoms with E-state index in [0.717, 1.165) is 48.7 Å². The van der Waals surface area contributed by atoms with Crippen LogP contribution in [0.3, 0.4) is 0 Å². The number of nitrogens with one attached hydrogen (secondary N) is 1. The highest BCUT2D eigenvalue weighted by atomic mass is 35.5. The van der Waals surface area contributed by atoms with E-state index >= 15 is 0 Å². The van der Waals surface area contributed by atoms with Crippen LogP contribution in [0.5, 0.6) is 5.75 Å². The van der Waals surface area contributed by atoms with Crippen LogP contribution in [0.15, 0.2) is 30.3 Å². The summed E-state index contributed by atoms with van der Waals surface area (Å²) < 4.78 is 20.7. The molecule has 262 valence electrons. The van der Waals surface area contributed by atoms with Gasteiger partial charge in [-0.3, -0.25) is 9.69 Å². The largest absolute Gasteiger partial charge is 0.492 e. The Labute approximate surface area is 292 Å². The van der Waals surface area contributed by atoms with E-state index in [0.29, 0.717) is 46.2 Å². The lowest BCUT2D eigenvalue weighted by atomic mass is 9.99. The lowest BCUT2D eigenvalue weighted by Gasteiger charge is -2.38. The van der Waals surface area contributed by atoms with Crippen molar-refractivity contribution in [2.75, 3.05) is 19.7 Å². The number of ether oxygens (including phenoxy) is 2. The maximum atomic E-state index is 13.9. The summed E-state index contributed by atoms with van der Waals surface area (Å²) in [6.07, 6.45) is 3.90. The molecule has 3 aromatic rings. The number of hydrogen-bond acceptors (Lipinski definition) is 6. The van der Waals surface area contributed by atoms with Crippen molar-refractivity contribution in [3.8, 4) is 17.0 Å². The number of carbonyl (C=O) groups excluding carboxylic acids is 2. The van der Waals surface area contributed by atoms with Gasteiger partial charge in [-0.2, -0.15) is 0 Å². The maximum Gasteiger partial charge on any atom is 0.419 e. The molecule has 0 bridgehead atoms. The molecular weight excluding hydrogens is 642 g/mol. The van der Waals surface area contributed by atoms with Crippen LogP contribution < -0.4 is 10.1 Å². The summed E-state index contributed by atoms with van der Waals surface area (Å²) in [6.45, 7) is 20.3. The van der Waals surface area contributed by atoms with Crippen molar-refractivity contribution in [2.45, 2.75) is 123 Å². The van der Waals surface area contributed by atoms with Gasteiger partial charge in [0.05, 0.1) is 34.0 Å². The molecule has 0 aliphatic carbocycles. The Bertz CT molecular complexity index is 1640. The fourth-order valence-electron chi connectivity index (χ4n) is 7.13. The molecule has 5 rings (SSSR count). The third-order valence-corrected chi connectivity index (χ3v) is 15.2. The van der Waals surface area contributed by atoms with Gasteiger partial charge in [0.2, 0.25) is 0 Å². The third-order valence-electron chi connectivity index (χ3n) is 9.94. The molecule has 0 spiro atoms. The molecule has 1 amide bonds. The molecule has 2 aromatic carbocycles. The lowest BCUT2D eigenvalue weighted by molar-refractivity contribution is 0.0546. The van der Waals surface area contributed by atoms with Gasteiger partial charge in [0, 0.05) is 36.0 Å². The van der Waals surface area contributed by atoms with Crippen molar-refractivity contribution >= 4 is 42.8 Å². The molecule has 2 aliphatic heterocycles. The van der Waals surface area contributed by atoms with Crippen LogP contribution >= 0.6 is 11.6 Å². The standard InChI is InChI=1S/C38H54ClN3O5Si/c1-9-48(10-2,11-3)47-38(7,8)17-20-45-32-23-28(33-29(34(32)39)24-40-35(33)43)31-22-27-21-26(25-41-18-13-12-14-19-41)15-16-30(27)42(31)36(44)46-37(4,5)6/h15-16,21-23H,9-14,17-20,24-25H2,1-8H3,(H,40,43). The Kier molecular flexibility index (Phi) is 11.0. The zero-order valence-electron chi connectivity index (χ0n) is 30.2. The number of aromatic nitrogens is 1. The number of rotatable bonds is 12. The molecule has 1 saturated heterocycles. The second-order valence-electron chi connectivity index (χ2n) is 15.1. The lowest BCUT2D eigenvalue weighted by Crippen LogP contribution is -2.44. The molecule has 10 heteroatoms. The molecule has 0 unspecified atom stereocenters. The predicted octanol–water partition coefficient (Wildman–Crippen LogP) is 9.54. The van der Waals surface area contributed by atoms with Crippen LogP contribution in [0.25, 0.3) is 22.2 Å². The number of nitrogens with zero attached hydrogens (tertiary/aromatic N) is 2. The van der Waals surface area contributed by atoms with Crippen molar-refractivity contribution < 1.29 is 23.5 Å². The zero-order valence-corrected chi connectivity index (χ0v) is 31.9. The van der Waals surface area contributed by atoms with E-state index in [4.69, 9.17) is 25.5 Å². The van der Waals surface area contributed by atoms with Gasteiger partial charge in [0.1, 0.15) is 11.4 Å². The molecule has 0 saturated carbocycles. The van der Waals surface area contributed by atoms with Gasteiger partial charge in [0.25, 0.3) is 5.91 Å². The Hall–Kier alpha value is -2.85. The van der Waals surface area contributed by atoms with Crippen LogP contribution in [-0.2, 0) is 22.3 Å². The van der Waals surface area contributed by atoms with Gasteiger partial charge in [0.15, 0.2) is 8.32 Å². The van der Waals surface area contributed by atoms with E-state index in [9.17, 15) is 9.59 Å². The number of hydrogen-bond donors (Lipinski definition) is 1. The highest BCUT2D eigenvalue weighted by Gasteiger charge is 2.36. The topological polar surface area (TPSA) is 82.0 Å². The summed E-state index contributed by atoms with van der Waals surface area (Å²) in [7, 11) is -1.81. The van der Waals surface area contributed by atoms with E-state index in [-0.39, 0.29) is 18.1 Å². The highest BCUT2D eigenvalue weighted by molar-refractivity contribution is 6.73. The molecule has 48 heavy (non-hydrogen) atoms. The second kappa shape index (κ2) is 14.6. The fourth-order valence-corrected chi connectivity index (χ4v) is 10.6. The molecule has 1 fully saturated rings. The molecule has 0 radical (unpaired) electrons. The van der Waals surface area contributed by atoms with Crippen LogP contribution in [0.2, 0.25) is 23.2 Å². The minimum Gasteiger partial charge on any atom is -0.492 e. The van der Waals surface area contributed by atoms with E-state index in [1.54, 1.807) is 4.57 Å². The first-order valence-corrected chi connectivity index (χ1v) is 20.7. The van der Waals surface area contributed by atoms with Gasteiger partial charge in [-0.25, -0.2) is 9.36 Å². The van der Waals surface area contributed by atoms with E-state index < -0.39 is 20.0 Å². The average Bonchev–Trinajstić information content (AvgIpc) is 3.61. The van der Waals surface area contributed by atoms with Gasteiger partial charge < -0.3 is 19.2 Å². The molecule has 2 aliphatic rings. The SMILES string of the molecule is CC[Si](CC)(CC)OC(C)(C)CCOc1cc(-c2cc3cc(CN4CCCCC4)ccc3n2C(=O)OC(C)(C)C)c2c(c1Cl)CNC2=O. The average molecular weight is 696 g/mol. The van der Waals surface area contributed by atoms with Crippen molar-refractivity contribution in [1.29, 1.82) is 0 Å². The van der Waals surface area contributed by atoms with E-state index in [1.165, 1.54) is 24.8 Å². The molecule has 1 N–H and O–H groups in total. The molecule has 0 atom stereocenters. The smallest absolute Gasteiger partial charge is 0.419 e. The van der Waals surface area contributed by atoms with Crippen molar-refractivity contribution in [2.24, 2.45) is 0 Å². The van der Waals surface area contributed by atoms with Gasteiger partial charge in [-0.05, 0) is 109 Å². The van der Waals surface area contributed by atoms with Crippen LogP contribution in [0.4, 0.5) is 4.79 Å². The first-order valence-electron chi connectivity index (χ1n) is 17.8. The number of piperidine rings is 1. The Balaban J connectivity index is 1.54. The number of benzene rings is 2. The van der Waals surface area contributed by atoms with Crippen molar-refractivity contribution in [3.05, 3.63) is 52.0 Å². The molecule has 1 aromatic heterocycles. The van der Waals surface area contributed by atoms with Gasteiger partial charge in [-0.1, -0.05) is 44.9 Å². The van der Waals surface area contributed by atoms with E-state index in [1.807, 2.05) is 39.0 Å². The molecular formula is C38H54ClN3O5Si. The monoisotopic (exact) mass is 695 g/mol. The van der Waals surface area contributed by atoms with E-state index in [2.05, 4.69) is 57.0 Å². The minimum absolute atomic E-state index is 0.227. The maximum absolute atomic E-state index is 13.9. The van der Waals surface area contributed by atoms with Crippen LogP contribution in [-0.4, -0.2) is 60.7 Å². The molecule has 3 heterocycles. The predicted molar refractivity (Wildman–Crippen MR) is 197 cm³/mol. The van der Waals surface area contributed by atoms with Crippen LogP contribution in [0.1, 0.15) is 103 Å². The number of likely N-dealkylation sites (tertiary alicyclic amines) is 1. The summed E-state index contributed by atoms with van der Waals surface area (Å²) in [5.74, 6) is 0.254. The zero-order chi connectivity index (χ0) is 34.9. The third kappa shape index (κ3) is 7.96. The minimum atomic E-state index is -1.81. The van der Waals surface area contributed by atoms with Gasteiger partial charge >= 0.3 is 6.09 Å². The second-order valence-corrected chi connectivity index (χ2v) is 20.1. The summed E-state index contributed by atoms with van der Waals surface area (Å²) in [4.78, 5) is 29.7. The first kappa shape index (κ1) is 36.4. The number of carbonyl (C=O) groups is 2. The Morgan fingerprint density at radius 1 is 0.979 bits per heavy atom. The summed E-state index contributed by atoms with van der Waals surface area (Å²) in [5, 5.41) is 4.26. The summed E-state index contributed by atoms with van der Waals surface area (Å²) in [5.41, 5.74) is 3.13. The summed E-state index contributed by atoms with van der Waals surface area (Å²) in [6, 6.07) is 13.3.